The van der Waals surface area contributed by atoms with Gasteiger partial charge in [-0.1, -0.05) is 43.9 Å². The number of aryl methyl sites for hydroxylation is 1. The number of hydrogen-bond donors (Lipinski definition) is 0. The fraction of sp³-hybridized carbons (Fsp3) is 0.429. The van der Waals surface area contributed by atoms with Gasteiger partial charge in [0.05, 0.1) is 37.3 Å². The van der Waals surface area contributed by atoms with Crippen LogP contribution in [0.3, 0.4) is 0 Å². The van der Waals surface area contributed by atoms with Crippen molar-refractivity contribution in [3.8, 4) is 11.5 Å². The van der Waals surface area contributed by atoms with Gasteiger partial charge in [0, 0.05) is 13.7 Å². The van der Waals surface area contributed by atoms with E-state index in [1.165, 1.54) is 12.8 Å². The number of hydrogen-bond acceptors (Lipinski definition) is 6. The Morgan fingerprint density at radius 2 is 1.80 bits per heavy atom. The normalized spacial score (nSPS) is 15.0. The maximum Gasteiger partial charge on any atom is 0.290 e. The van der Waals surface area contributed by atoms with Crippen molar-refractivity contribution in [3.05, 3.63) is 69.1 Å². The Labute approximate surface area is 205 Å². The fourth-order valence-electron chi connectivity index (χ4n) is 4.59. The number of nitrogens with zero attached hydrogens (tertiary/aromatic N) is 1. The van der Waals surface area contributed by atoms with Gasteiger partial charge in [0.25, 0.3) is 5.91 Å². The molecule has 1 atom stereocenters. The molecule has 1 aromatic heterocycles. The number of carbonyl (C=O) groups excluding carboxylic acids is 1. The van der Waals surface area contributed by atoms with Crippen LogP contribution < -0.4 is 14.9 Å². The molecular weight excluding hydrogens is 446 g/mol. The highest BCUT2D eigenvalue weighted by molar-refractivity contribution is 5.99. The second kappa shape index (κ2) is 11.0. The van der Waals surface area contributed by atoms with Crippen LogP contribution in [0.2, 0.25) is 0 Å². The van der Waals surface area contributed by atoms with Gasteiger partial charge in [-0.2, -0.15) is 0 Å². The summed E-state index contributed by atoms with van der Waals surface area (Å²) in [6.45, 7) is 5.35. The predicted molar refractivity (Wildman–Crippen MR) is 135 cm³/mol. The van der Waals surface area contributed by atoms with Crippen LogP contribution in [0.4, 0.5) is 0 Å². The lowest BCUT2D eigenvalue weighted by atomic mass is 9.97. The molecule has 0 aliphatic carbocycles. The number of rotatable bonds is 11. The number of fused-ring (bicyclic) bond motifs is 2. The largest absolute Gasteiger partial charge is 0.493 e. The van der Waals surface area contributed by atoms with E-state index in [1.54, 1.807) is 31.3 Å². The molecule has 1 aliphatic rings. The van der Waals surface area contributed by atoms with E-state index < -0.39 is 6.04 Å². The first kappa shape index (κ1) is 24.8. The van der Waals surface area contributed by atoms with Crippen LogP contribution >= 0.6 is 0 Å². The van der Waals surface area contributed by atoms with E-state index in [4.69, 9.17) is 18.6 Å². The first-order valence-corrected chi connectivity index (χ1v) is 12.2. The smallest absolute Gasteiger partial charge is 0.290 e. The molecule has 4 rings (SSSR count). The summed E-state index contributed by atoms with van der Waals surface area (Å²) in [5.74, 6) is 0.966. The minimum Gasteiger partial charge on any atom is -0.493 e. The van der Waals surface area contributed by atoms with E-state index in [0.717, 1.165) is 24.0 Å². The average molecular weight is 480 g/mol. The molecule has 7 nitrogen and oxygen atoms in total. The van der Waals surface area contributed by atoms with Gasteiger partial charge in [-0.3, -0.25) is 9.59 Å². The summed E-state index contributed by atoms with van der Waals surface area (Å²) < 4.78 is 22.8. The molecule has 0 bridgehead atoms. The quantitative estimate of drug-likeness (QED) is 0.349. The van der Waals surface area contributed by atoms with E-state index in [1.807, 2.05) is 31.2 Å². The zero-order valence-corrected chi connectivity index (χ0v) is 20.9. The lowest BCUT2D eigenvalue weighted by Gasteiger charge is -2.25. The van der Waals surface area contributed by atoms with Crippen LogP contribution in [0.25, 0.3) is 11.0 Å². The van der Waals surface area contributed by atoms with Crippen molar-refractivity contribution in [2.45, 2.75) is 45.6 Å². The lowest BCUT2D eigenvalue weighted by Crippen LogP contribution is -2.32. The summed E-state index contributed by atoms with van der Waals surface area (Å²) in [5.41, 5.74) is 2.26. The summed E-state index contributed by atoms with van der Waals surface area (Å²) in [7, 11) is 3.17. The Bertz CT molecular complexity index is 1260. The molecule has 0 fully saturated rings. The summed E-state index contributed by atoms with van der Waals surface area (Å²) >= 11 is 0. The molecule has 1 amide bonds. The molecule has 1 aliphatic heterocycles. The molecule has 0 saturated carbocycles. The Morgan fingerprint density at radius 3 is 2.54 bits per heavy atom. The van der Waals surface area contributed by atoms with Gasteiger partial charge in [0.15, 0.2) is 16.9 Å². The van der Waals surface area contributed by atoms with Crippen LogP contribution in [0.15, 0.2) is 45.6 Å². The summed E-state index contributed by atoms with van der Waals surface area (Å²) in [4.78, 5) is 28.7. The zero-order valence-electron chi connectivity index (χ0n) is 20.9. The Balaban J connectivity index is 1.76. The molecule has 0 radical (unpaired) electrons. The Kier molecular flexibility index (Phi) is 7.76. The summed E-state index contributed by atoms with van der Waals surface area (Å²) in [6.07, 6.45) is 4.45. The first-order valence-electron chi connectivity index (χ1n) is 12.2. The van der Waals surface area contributed by atoms with Crippen molar-refractivity contribution in [2.75, 3.05) is 34.0 Å². The minimum absolute atomic E-state index is 0.0858. The highest BCUT2D eigenvalue weighted by Gasteiger charge is 2.42. The van der Waals surface area contributed by atoms with Gasteiger partial charge in [0.1, 0.15) is 5.58 Å². The summed E-state index contributed by atoms with van der Waals surface area (Å²) in [5, 5.41) is 0.467. The molecule has 186 valence electrons. The van der Waals surface area contributed by atoms with E-state index in [0.29, 0.717) is 47.8 Å². The van der Waals surface area contributed by atoms with E-state index in [9.17, 15) is 9.59 Å². The van der Waals surface area contributed by atoms with Crippen LogP contribution in [0.1, 0.15) is 65.9 Å². The topological polar surface area (TPSA) is 78.2 Å². The van der Waals surface area contributed by atoms with Crippen LogP contribution in [-0.2, 0) is 4.74 Å². The first-order chi connectivity index (χ1) is 17.0. The zero-order chi connectivity index (χ0) is 24.9. The predicted octanol–water partition coefficient (Wildman–Crippen LogP) is 5.26. The molecular formula is C28H33NO6. The number of unbranched alkanes of at least 4 members (excludes halogenated alkanes) is 3. The number of methoxy groups -OCH3 is 2. The van der Waals surface area contributed by atoms with Gasteiger partial charge in [-0.25, -0.2) is 0 Å². The highest BCUT2D eigenvalue weighted by Crippen LogP contribution is 2.41. The summed E-state index contributed by atoms with van der Waals surface area (Å²) in [6, 6.07) is 10.4. The molecule has 35 heavy (non-hydrogen) atoms. The van der Waals surface area contributed by atoms with Crippen molar-refractivity contribution < 1.29 is 23.4 Å². The van der Waals surface area contributed by atoms with Crippen LogP contribution in [0, 0.1) is 6.92 Å². The SMILES string of the molecule is CCCCCCOc1ccc(C2c3c(oc4ccc(C)cc4c3=O)C(=O)N2CCOC)cc1OC. The maximum atomic E-state index is 13.6. The fourth-order valence-corrected chi connectivity index (χ4v) is 4.59. The second-order valence-electron chi connectivity index (χ2n) is 8.89. The molecule has 1 unspecified atom stereocenters. The minimum atomic E-state index is -0.610. The Morgan fingerprint density at radius 1 is 0.971 bits per heavy atom. The molecule has 0 saturated heterocycles. The molecule has 0 N–H and O–H groups in total. The third-order valence-electron chi connectivity index (χ3n) is 6.42. The van der Waals surface area contributed by atoms with Crippen LogP contribution in [-0.4, -0.2) is 44.8 Å². The van der Waals surface area contributed by atoms with Crippen molar-refractivity contribution in [2.24, 2.45) is 0 Å². The lowest BCUT2D eigenvalue weighted by molar-refractivity contribution is 0.0663. The number of amides is 1. The number of ether oxygens (including phenoxy) is 3. The number of carbonyl (C=O) groups is 1. The third-order valence-corrected chi connectivity index (χ3v) is 6.42. The van der Waals surface area contributed by atoms with E-state index in [2.05, 4.69) is 6.92 Å². The van der Waals surface area contributed by atoms with Gasteiger partial charge in [-0.05, 0) is 43.2 Å². The average Bonchev–Trinajstić information content (AvgIpc) is 3.14. The van der Waals surface area contributed by atoms with Gasteiger partial charge >= 0.3 is 0 Å². The van der Waals surface area contributed by atoms with Gasteiger partial charge in [-0.15, -0.1) is 0 Å². The maximum absolute atomic E-state index is 13.6. The standard InChI is InChI=1S/C28H33NO6/c1-5-6-7-8-14-34-22-12-10-19(17-23(22)33-4)25-24-26(30)20-16-18(2)9-11-21(20)35-27(24)28(31)29(25)13-15-32-3/h9-12,16-17,25H,5-8,13-15H2,1-4H3. The van der Waals surface area contributed by atoms with Gasteiger partial charge < -0.3 is 23.5 Å². The van der Waals surface area contributed by atoms with Gasteiger partial charge in [0.2, 0.25) is 5.76 Å². The molecule has 7 heteroatoms. The molecule has 2 heterocycles. The van der Waals surface area contributed by atoms with E-state index >= 15 is 0 Å². The van der Waals surface area contributed by atoms with Crippen LogP contribution in [0.5, 0.6) is 11.5 Å². The van der Waals surface area contributed by atoms with Crippen molar-refractivity contribution in [1.29, 1.82) is 0 Å². The molecule has 0 spiro atoms. The monoisotopic (exact) mass is 479 g/mol. The molecule has 2 aromatic carbocycles. The van der Waals surface area contributed by atoms with Crippen molar-refractivity contribution in [1.82, 2.24) is 4.90 Å². The molecule has 3 aromatic rings. The highest BCUT2D eigenvalue weighted by atomic mass is 16.5. The third kappa shape index (κ3) is 4.91. The number of benzene rings is 2. The van der Waals surface area contributed by atoms with E-state index in [-0.39, 0.29) is 17.1 Å². The second-order valence-corrected chi connectivity index (χ2v) is 8.89. The van der Waals surface area contributed by atoms with Crippen molar-refractivity contribution in [3.63, 3.8) is 0 Å². The Hall–Kier alpha value is -3.32. The van der Waals surface area contributed by atoms with Crippen molar-refractivity contribution >= 4 is 16.9 Å².